The molecule has 1 aliphatic rings. The topological polar surface area (TPSA) is 62.9 Å². The molecule has 0 amide bonds. The molecule has 0 atom stereocenters. The zero-order valence-electron chi connectivity index (χ0n) is 14.6. The Labute approximate surface area is 146 Å². The van der Waals surface area contributed by atoms with Crippen LogP contribution in [0.2, 0.25) is 0 Å². The average molecular weight is 358 g/mol. The first-order valence-electron chi connectivity index (χ1n) is 8.25. The summed E-state index contributed by atoms with van der Waals surface area (Å²) in [4.78, 5) is 6.62. The van der Waals surface area contributed by atoms with Crippen LogP contribution in [0.4, 0.5) is 18.9 Å². The van der Waals surface area contributed by atoms with Gasteiger partial charge in [-0.05, 0) is 51.2 Å². The van der Waals surface area contributed by atoms with E-state index in [2.05, 4.69) is 34.0 Å². The van der Waals surface area contributed by atoms with Crippen molar-refractivity contribution in [2.75, 3.05) is 32.5 Å². The summed E-state index contributed by atoms with van der Waals surface area (Å²) in [7, 11) is 4.10. The Morgan fingerprint density at radius 3 is 2.36 bits per heavy atom. The number of guanidine groups is 1. The van der Waals surface area contributed by atoms with Gasteiger partial charge < -0.3 is 20.7 Å². The molecule has 140 valence electrons. The predicted molar refractivity (Wildman–Crippen MR) is 92.7 cm³/mol. The highest BCUT2D eigenvalue weighted by Crippen LogP contribution is 2.38. The fraction of sp³-hybridized carbons (Fsp3) is 0.588. The first kappa shape index (κ1) is 19.4. The van der Waals surface area contributed by atoms with Gasteiger partial charge in [-0.15, -0.1) is 13.2 Å². The van der Waals surface area contributed by atoms with Crippen molar-refractivity contribution in [3.8, 4) is 5.75 Å². The highest BCUT2D eigenvalue weighted by Gasteiger charge is 2.34. The van der Waals surface area contributed by atoms with E-state index in [1.807, 2.05) is 0 Å². The van der Waals surface area contributed by atoms with Crippen molar-refractivity contribution < 1.29 is 17.9 Å². The van der Waals surface area contributed by atoms with Gasteiger partial charge in [0.05, 0.1) is 0 Å². The van der Waals surface area contributed by atoms with Gasteiger partial charge in [0.15, 0.2) is 5.96 Å². The fourth-order valence-corrected chi connectivity index (χ4v) is 3.34. The number of benzene rings is 1. The maximum Gasteiger partial charge on any atom is 0.573 e. The Hall–Kier alpha value is -1.96. The summed E-state index contributed by atoms with van der Waals surface area (Å²) in [5.41, 5.74) is 6.64. The molecule has 0 radical (unpaired) electrons. The summed E-state index contributed by atoms with van der Waals surface area (Å²) < 4.78 is 40.3. The van der Waals surface area contributed by atoms with E-state index in [0.717, 1.165) is 19.4 Å². The maximum absolute atomic E-state index is 12.1. The summed E-state index contributed by atoms with van der Waals surface area (Å²) >= 11 is 0. The number of nitrogens with one attached hydrogen (secondary N) is 1. The van der Waals surface area contributed by atoms with Crippen LogP contribution in [0.25, 0.3) is 0 Å². The number of hydrogen-bond donors (Lipinski definition) is 2. The van der Waals surface area contributed by atoms with Crippen LogP contribution in [0.5, 0.6) is 5.75 Å². The van der Waals surface area contributed by atoms with Crippen LogP contribution < -0.4 is 15.8 Å². The first-order valence-corrected chi connectivity index (χ1v) is 8.25. The summed E-state index contributed by atoms with van der Waals surface area (Å²) in [6.45, 7) is 1.60. The Balaban J connectivity index is 1.94. The Morgan fingerprint density at radius 2 is 1.84 bits per heavy atom. The molecule has 1 aromatic carbocycles. The monoisotopic (exact) mass is 358 g/mol. The summed E-state index contributed by atoms with van der Waals surface area (Å²) in [5.74, 6) is -0.0148. The second-order valence-corrected chi connectivity index (χ2v) is 6.84. The molecule has 2 rings (SSSR count). The minimum absolute atomic E-state index is 0.153. The molecule has 5 nitrogen and oxygen atoms in total. The van der Waals surface area contributed by atoms with Gasteiger partial charge in [0.1, 0.15) is 5.75 Å². The van der Waals surface area contributed by atoms with E-state index in [4.69, 9.17) is 5.73 Å². The lowest BCUT2D eigenvalue weighted by atomic mass is 9.86. The third-order valence-corrected chi connectivity index (χ3v) is 4.26. The predicted octanol–water partition coefficient (Wildman–Crippen LogP) is 3.43. The minimum Gasteiger partial charge on any atom is -0.406 e. The van der Waals surface area contributed by atoms with Crippen molar-refractivity contribution in [2.45, 2.75) is 32.0 Å². The smallest absolute Gasteiger partial charge is 0.406 e. The van der Waals surface area contributed by atoms with Crippen molar-refractivity contribution in [2.24, 2.45) is 16.1 Å². The summed E-state index contributed by atoms with van der Waals surface area (Å²) in [6.07, 6.45) is -0.0247. The van der Waals surface area contributed by atoms with Crippen LogP contribution in [0, 0.1) is 5.41 Å². The Kier molecular flexibility index (Phi) is 6.16. The lowest BCUT2D eigenvalue weighted by Gasteiger charge is -2.30. The van der Waals surface area contributed by atoms with Crippen molar-refractivity contribution in [1.29, 1.82) is 0 Å². The molecule has 0 heterocycles. The average Bonchev–Trinajstić information content (AvgIpc) is 2.94. The zero-order valence-corrected chi connectivity index (χ0v) is 14.6. The van der Waals surface area contributed by atoms with Gasteiger partial charge in [-0.2, -0.15) is 0 Å². The van der Waals surface area contributed by atoms with Gasteiger partial charge in [-0.25, -0.2) is 0 Å². The second kappa shape index (κ2) is 7.95. The molecule has 1 aromatic rings. The molecule has 0 aliphatic heterocycles. The van der Waals surface area contributed by atoms with E-state index in [0.29, 0.717) is 12.2 Å². The number of halogens is 3. The summed E-state index contributed by atoms with van der Waals surface area (Å²) in [5, 5.41) is 2.90. The highest BCUT2D eigenvalue weighted by atomic mass is 19.4. The number of nitrogens with zero attached hydrogens (tertiary/aromatic N) is 2. The maximum atomic E-state index is 12.1. The molecule has 0 unspecified atom stereocenters. The number of hydrogen-bond acceptors (Lipinski definition) is 3. The SMILES string of the molecule is CN(C)CC1(CN=C(N)Nc2ccc(OC(F)(F)F)cc2)CCCC1. The van der Waals surface area contributed by atoms with Crippen LogP contribution in [0.3, 0.4) is 0 Å². The highest BCUT2D eigenvalue weighted by molar-refractivity contribution is 5.92. The number of anilines is 1. The van der Waals surface area contributed by atoms with Crippen LogP contribution in [0.1, 0.15) is 25.7 Å². The third kappa shape index (κ3) is 6.45. The van der Waals surface area contributed by atoms with Gasteiger partial charge in [0, 0.05) is 24.2 Å². The molecule has 0 aromatic heterocycles. The minimum atomic E-state index is -4.70. The first-order chi connectivity index (χ1) is 11.7. The second-order valence-electron chi connectivity index (χ2n) is 6.84. The van der Waals surface area contributed by atoms with E-state index in [1.165, 1.54) is 37.1 Å². The lowest BCUT2D eigenvalue weighted by molar-refractivity contribution is -0.274. The molecule has 25 heavy (non-hydrogen) atoms. The molecule has 0 spiro atoms. The fourth-order valence-electron chi connectivity index (χ4n) is 3.34. The Morgan fingerprint density at radius 1 is 1.24 bits per heavy atom. The van der Waals surface area contributed by atoms with Crippen molar-refractivity contribution in [1.82, 2.24) is 4.90 Å². The molecular weight excluding hydrogens is 333 g/mol. The van der Waals surface area contributed by atoms with Gasteiger partial charge in [0.2, 0.25) is 0 Å². The third-order valence-electron chi connectivity index (χ3n) is 4.26. The van der Waals surface area contributed by atoms with Gasteiger partial charge in [-0.1, -0.05) is 12.8 Å². The molecule has 1 fully saturated rings. The van der Waals surface area contributed by atoms with Gasteiger partial charge in [-0.3, -0.25) is 4.99 Å². The molecule has 8 heteroatoms. The van der Waals surface area contributed by atoms with Crippen molar-refractivity contribution in [3.05, 3.63) is 24.3 Å². The summed E-state index contributed by atoms with van der Waals surface area (Å²) in [6, 6.07) is 5.39. The van der Waals surface area contributed by atoms with E-state index in [1.54, 1.807) is 0 Å². The van der Waals surface area contributed by atoms with Crippen LogP contribution in [-0.2, 0) is 0 Å². The van der Waals surface area contributed by atoms with Crippen LogP contribution in [-0.4, -0.2) is 44.4 Å². The van der Waals surface area contributed by atoms with E-state index < -0.39 is 6.36 Å². The quantitative estimate of drug-likeness (QED) is 0.604. The molecule has 3 N–H and O–H groups in total. The molecular formula is C17H25F3N4O. The number of ether oxygens (including phenoxy) is 1. The molecule has 1 saturated carbocycles. The van der Waals surface area contributed by atoms with Crippen molar-refractivity contribution >= 4 is 11.6 Å². The van der Waals surface area contributed by atoms with Crippen molar-refractivity contribution in [3.63, 3.8) is 0 Å². The van der Waals surface area contributed by atoms with E-state index >= 15 is 0 Å². The standard InChI is InChI=1S/C17H25F3N4O/c1-24(2)12-16(9-3-4-10-16)11-22-15(21)23-13-5-7-14(8-6-13)25-17(18,19)20/h5-8H,3-4,9-12H2,1-2H3,(H3,21,22,23). The van der Waals surface area contributed by atoms with E-state index in [-0.39, 0.29) is 17.1 Å². The number of alkyl halides is 3. The number of rotatable bonds is 6. The molecule has 0 saturated heterocycles. The van der Waals surface area contributed by atoms with Gasteiger partial charge >= 0.3 is 6.36 Å². The van der Waals surface area contributed by atoms with E-state index in [9.17, 15) is 13.2 Å². The number of aliphatic imine (C=N–C) groups is 1. The largest absolute Gasteiger partial charge is 0.573 e. The normalized spacial score (nSPS) is 17.8. The number of nitrogens with two attached hydrogens (primary N) is 1. The zero-order chi connectivity index (χ0) is 18.5. The Bertz CT molecular complexity index is 579. The van der Waals surface area contributed by atoms with Crippen LogP contribution >= 0.6 is 0 Å². The molecule has 0 bridgehead atoms. The van der Waals surface area contributed by atoms with Gasteiger partial charge in [0.25, 0.3) is 0 Å². The lowest BCUT2D eigenvalue weighted by Crippen LogP contribution is -2.35. The van der Waals surface area contributed by atoms with Crippen LogP contribution in [0.15, 0.2) is 29.3 Å². The molecule has 1 aliphatic carbocycles.